The molecule has 0 saturated carbocycles. The minimum Gasteiger partial charge on any atom is -0.373 e. The van der Waals surface area contributed by atoms with Crippen molar-refractivity contribution >= 4 is 44.1 Å². The molecule has 11 heteroatoms. The van der Waals surface area contributed by atoms with Crippen molar-refractivity contribution in [3.8, 4) is 0 Å². The molecule has 0 aromatic heterocycles. The van der Waals surface area contributed by atoms with Gasteiger partial charge in [0, 0.05) is 55.5 Å². The van der Waals surface area contributed by atoms with Crippen LogP contribution in [-0.4, -0.2) is 111 Å². The van der Waals surface area contributed by atoms with E-state index in [1.165, 1.54) is 25.9 Å². The van der Waals surface area contributed by atoms with E-state index in [0.29, 0.717) is 0 Å². The van der Waals surface area contributed by atoms with Crippen LogP contribution in [-0.2, 0) is 25.8 Å². The minimum atomic E-state index is -2.91. The predicted octanol–water partition coefficient (Wildman–Crippen LogP) is 0.339. The highest BCUT2D eigenvalue weighted by molar-refractivity contribution is 7.88. The molecule has 1 atom stereocenters. The van der Waals surface area contributed by atoms with E-state index in [0.717, 1.165) is 15.5 Å². The van der Waals surface area contributed by atoms with Crippen LogP contribution in [0.5, 0.6) is 0 Å². The van der Waals surface area contributed by atoms with Gasteiger partial charge in [0.15, 0.2) is 0 Å². The molecule has 0 heterocycles. The van der Waals surface area contributed by atoms with Gasteiger partial charge in [0.1, 0.15) is 0 Å². The second-order valence-electron chi connectivity index (χ2n) is 5.61. The minimum absolute atomic E-state index is 0.0926. The number of sulfonamides is 1. The smallest absolute Gasteiger partial charge is 0.218 e. The van der Waals surface area contributed by atoms with Crippen molar-refractivity contribution in [2.24, 2.45) is 0 Å². The summed E-state index contributed by atoms with van der Waals surface area (Å²) in [6.07, 6.45) is 2.80. The number of carbonyl (C=O) groups is 1. The van der Waals surface area contributed by atoms with Gasteiger partial charge in [0.05, 0.1) is 22.2 Å². The van der Waals surface area contributed by atoms with Crippen molar-refractivity contribution in [1.29, 1.82) is 0 Å². The molecule has 0 saturated heterocycles. The quantitative estimate of drug-likeness (QED) is 0.599. The predicted molar refractivity (Wildman–Crippen MR) is 113 cm³/mol. The van der Waals surface area contributed by atoms with Gasteiger partial charge in [-0.15, -0.1) is 0 Å². The molecule has 0 N–H and O–H groups in total. The Hall–Kier alpha value is -0.620. The molecule has 0 spiro atoms. The average molecular weight is 421 g/mol. The van der Waals surface area contributed by atoms with Crippen molar-refractivity contribution < 1.29 is 17.4 Å². The zero-order chi connectivity index (χ0) is 21.5. The molecular formula is C14H36N4O4S3. The van der Waals surface area contributed by atoms with Crippen molar-refractivity contribution in [3.05, 3.63) is 0 Å². The molecule has 0 aromatic rings. The Morgan fingerprint density at radius 2 is 1.04 bits per heavy atom. The summed E-state index contributed by atoms with van der Waals surface area (Å²) in [6, 6.07) is 0. The number of hydrogen-bond acceptors (Lipinski definition) is 5. The molecule has 0 aliphatic rings. The summed E-state index contributed by atoms with van der Waals surface area (Å²) in [5.74, 6) is 0.0926. The Balaban J connectivity index is -0.000000118. The molecule has 0 aliphatic heterocycles. The first-order chi connectivity index (χ1) is 10.9. The molecule has 0 aliphatic carbocycles. The molecule has 0 bridgehead atoms. The average Bonchev–Trinajstić information content (AvgIpc) is 2.39. The van der Waals surface area contributed by atoms with Gasteiger partial charge in [-0.05, 0) is 21.0 Å². The lowest BCUT2D eigenvalue weighted by molar-refractivity contribution is -0.126. The van der Waals surface area contributed by atoms with Crippen LogP contribution in [0.15, 0.2) is 0 Å². The van der Waals surface area contributed by atoms with Gasteiger partial charge in [-0.3, -0.25) is 4.79 Å². The van der Waals surface area contributed by atoms with E-state index < -0.39 is 21.0 Å². The van der Waals surface area contributed by atoms with Gasteiger partial charge in [0.25, 0.3) is 0 Å². The van der Waals surface area contributed by atoms with Crippen LogP contribution in [0.1, 0.15) is 13.8 Å². The van der Waals surface area contributed by atoms with Gasteiger partial charge >= 0.3 is 0 Å². The van der Waals surface area contributed by atoms with Crippen LogP contribution >= 0.6 is 12.2 Å². The van der Waals surface area contributed by atoms with E-state index in [9.17, 15) is 17.4 Å². The van der Waals surface area contributed by atoms with Gasteiger partial charge in [-0.1, -0.05) is 12.2 Å². The number of thiocarbonyl (C=S) groups is 1. The zero-order valence-electron chi connectivity index (χ0n) is 17.6. The number of carbonyl (C=O) groups excluding carboxylic acids is 1. The van der Waals surface area contributed by atoms with Crippen LogP contribution in [0, 0.1) is 0 Å². The van der Waals surface area contributed by atoms with Crippen molar-refractivity contribution in [3.63, 3.8) is 0 Å². The van der Waals surface area contributed by atoms with E-state index in [1.54, 1.807) is 38.8 Å². The third-order valence-corrected chi connectivity index (χ3v) is 5.16. The molecule has 0 radical (unpaired) electrons. The Kier molecular flexibility index (Phi) is 21.6. The largest absolute Gasteiger partial charge is 0.373 e. The first-order valence-electron chi connectivity index (χ1n) is 7.11. The summed E-state index contributed by atoms with van der Waals surface area (Å²) >= 11 is 4.75. The standard InChI is InChI=1S/C4H9NO.C4H9NS.C3H9NO2S.C3H9NOS/c2*1-4(6)5(2)3;1-4(2)7(3,5)6;1-4(2)6(3)5/h2*1-3H3;1-3H3;1-3H3. The molecule has 0 fully saturated rings. The Labute approximate surface area is 162 Å². The monoisotopic (exact) mass is 420 g/mol. The van der Waals surface area contributed by atoms with Crippen LogP contribution < -0.4 is 0 Å². The number of nitrogens with zero attached hydrogens (tertiary/aromatic N) is 4. The molecule has 154 valence electrons. The van der Waals surface area contributed by atoms with Crippen molar-refractivity contribution in [1.82, 2.24) is 18.4 Å². The topological polar surface area (TPSA) is 81.2 Å². The summed E-state index contributed by atoms with van der Waals surface area (Å²) in [5, 5.41) is 0. The van der Waals surface area contributed by atoms with Gasteiger partial charge < -0.3 is 9.80 Å². The lowest BCUT2D eigenvalue weighted by atomic mass is 10.7. The van der Waals surface area contributed by atoms with Crippen LogP contribution in [0.2, 0.25) is 0 Å². The Morgan fingerprint density at radius 3 is 1.04 bits per heavy atom. The number of hydrogen-bond donors (Lipinski definition) is 0. The third-order valence-electron chi connectivity index (χ3n) is 2.44. The summed E-state index contributed by atoms with van der Waals surface area (Å²) < 4.78 is 33.5. The summed E-state index contributed by atoms with van der Waals surface area (Å²) in [7, 11) is 10.2. The Morgan fingerprint density at radius 1 is 0.880 bits per heavy atom. The lowest BCUT2D eigenvalue weighted by Crippen LogP contribution is -2.19. The fourth-order valence-corrected chi connectivity index (χ4v) is 0. The number of amides is 1. The van der Waals surface area contributed by atoms with Crippen molar-refractivity contribution in [2.45, 2.75) is 13.8 Å². The SMILES string of the molecule is CC(=O)N(C)C.CC(=S)N(C)C.CN(C)S(C)(=O)=O.CN(C)S(C)=O. The van der Waals surface area contributed by atoms with E-state index >= 15 is 0 Å². The summed E-state index contributed by atoms with van der Waals surface area (Å²) in [4.78, 5) is 14.4. The van der Waals surface area contributed by atoms with Gasteiger partial charge in [0.2, 0.25) is 15.9 Å². The maximum absolute atomic E-state index is 10.3. The second-order valence-corrected chi connectivity index (χ2v) is 9.97. The van der Waals surface area contributed by atoms with E-state index in [-0.39, 0.29) is 5.91 Å². The van der Waals surface area contributed by atoms with Gasteiger partial charge in [-0.2, -0.15) is 0 Å². The fraction of sp³-hybridized carbons (Fsp3) is 0.857. The van der Waals surface area contributed by atoms with Crippen LogP contribution in [0.3, 0.4) is 0 Å². The molecule has 0 rings (SSSR count). The highest BCUT2D eigenvalue weighted by atomic mass is 32.2. The van der Waals surface area contributed by atoms with E-state index in [1.807, 2.05) is 25.9 Å². The molecule has 1 amide bonds. The van der Waals surface area contributed by atoms with Gasteiger partial charge in [-0.25, -0.2) is 21.2 Å². The summed E-state index contributed by atoms with van der Waals surface area (Å²) in [6.45, 7) is 3.43. The fourth-order valence-electron chi connectivity index (χ4n) is 0. The number of rotatable bonds is 2. The second kappa shape index (κ2) is 16.8. The highest BCUT2D eigenvalue weighted by Crippen LogP contribution is 1.83. The molecule has 1 unspecified atom stereocenters. The summed E-state index contributed by atoms with van der Waals surface area (Å²) in [5.41, 5.74) is 0. The van der Waals surface area contributed by atoms with Crippen molar-refractivity contribution in [2.75, 3.05) is 68.9 Å². The highest BCUT2D eigenvalue weighted by Gasteiger charge is 2.00. The molecule has 8 nitrogen and oxygen atoms in total. The van der Waals surface area contributed by atoms with Crippen LogP contribution in [0.4, 0.5) is 0 Å². The first kappa shape index (κ1) is 32.1. The first-order valence-corrected chi connectivity index (χ1v) is 10.9. The normalized spacial score (nSPS) is 11.0. The zero-order valence-corrected chi connectivity index (χ0v) is 20.1. The maximum Gasteiger partial charge on any atom is 0.218 e. The maximum atomic E-state index is 10.3. The molecule has 25 heavy (non-hydrogen) atoms. The Bertz CT molecular complexity index is 448. The molecule has 0 aromatic carbocycles. The molecular weight excluding hydrogens is 384 g/mol. The third kappa shape index (κ3) is 35.4. The van der Waals surface area contributed by atoms with E-state index in [4.69, 9.17) is 12.2 Å². The van der Waals surface area contributed by atoms with E-state index in [2.05, 4.69) is 0 Å². The lowest BCUT2D eigenvalue weighted by Gasteiger charge is -2.06. The van der Waals surface area contributed by atoms with Crippen LogP contribution in [0.25, 0.3) is 0 Å².